The summed E-state index contributed by atoms with van der Waals surface area (Å²) in [5.74, 6) is 0.578. The van der Waals surface area contributed by atoms with Crippen LogP contribution < -0.4 is 5.32 Å². The van der Waals surface area contributed by atoms with Gasteiger partial charge in [0.15, 0.2) is 0 Å². The van der Waals surface area contributed by atoms with Crippen molar-refractivity contribution in [2.24, 2.45) is 0 Å². The van der Waals surface area contributed by atoms with Crippen LogP contribution in [0.5, 0.6) is 0 Å². The quantitative estimate of drug-likeness (QED) is 0.868. The Kier molecular flexibility index (Phi) is 3.74. The molecule has 1 aliphatic rings. The number of carbonyl (C=O) groups is 1. The number of halogens is 1. The Bertz CT molecular complexity index is 733. The summed E-state index contributed by atoms with van der Waals surface area (Å²) < 4.78 is 5.91. The molecule has 1 aromatic heterocycles. The second kappa shape index (κ2) is 5.54. The molecule has 1 N–H and O–H groups in total. The van der Waals surface area contributed by atoms with Crippen LogP contribution in [0.3, 0.4) is 0 Å². The molecule has 1 aromatic carbocycles. The van der Waals surface area contributed by atoms with Crippen molar-refractivity contribution in [2.45, 2.75) is 13.0 Å². The number of nitrogens with one attached hydrogen (secondary N) is 1. The summed E-state index contributed by atoms with van der Waals surface area (Å²) >= 11 is 6.35. The highest BCUT2D eigenvalue weighted by Crippen LogP contribution is 2.36. The van der Waals surface area contributed by atoms with Gasteiger partial charge in [0.05, 0.1) is 0 Å². The molecule has 4 nitrogen and oxygen atoms in total. The maximum absolute atomic E-state index is 11.4. The molecule has 0 aliphatic carbocycles. The zero-order valence-corrected chi connectivity index (χ0v) is 12.8. The SMILES string of the molecule is CNC(=O)/C=C/c1oc2ccc(Cl)c3c2c1CN(C)CC3. The number of amides is 1. The zero-order valence-electron chi connectivity index (χ0n) is 12.1. The first-order valence-corrected chi connectivity index (χ1v) is 7.29. The lowest BCUT2D eigenvalue weighted by Gasteiger charge is -2.12. The Morgan fingerprint density at radius 3 is 3.00 bits per heavy atom. The number of likely N-dealkylation sites (N-methyl/N-ethyl adjacent to an activating group) is 2. The van der Waals surface area contributed by atoms with Crippen LogP contribution in [-0.2, 0) is 17.8 Å². The molecule has 0 unspecified atom stereocenters. The minimum Gasteiger partial charge on any atom is -0.456 e. The van der Waals surface area contributed by atoms with Gasteiger partial charge in [-0.3, -0.25) is 4.79 Å². The number of furan rings is 1. The Morgan fingerprint density at radius 1 is 1.43 bits per heavy atom. The van der Waals surface area contributed by atoms with Gasteiger partial charge in [0.1, 0.15) is 11.3 Å². The average Bonchev–Trinajstić information content (AvgIpc) is 2.70. The molecule has 0 saturated heterocycles. The second-order valence-electron chi connectivity index (χ2n) is 5.28. The maximum atomic E-state index is 11.4. The third-order valence-corrected chi connectivity index (χ3v) is 4.19. The Hall–Kier alpha value is -1.78. The molecule has 1 amide bonds. The molecular formula is C16H17ClN2O2. The van der Waals surface area contributed by atoms with Gasteiger partial charge in [0, 0.05) is 42.2 Å². The molecule has 5 heteroatoms. The van der Waals surface area contributed by atoms with E-state index >= 15 is 0 Å². The molecule has 0 bridgehead atoms. The molecule has 2 aromatic rings. The van der Waals surface area contributed by atoms with Crippen LogP contribution in [-0.4, -0.2) is 31.4 Å². The largest absolute Gasteiger partial charge is 0.456 e. The molecule has 0 atom stereocenters. The van der Waals surface area contributed by atoms with E-state index in [1.807, 2.05) is 12.1 Å². The van der Waals surface area contributed by atoms with Gasteiger partial charge in [0.2, 0.25) is 5.91 Å². The smallest absolute Gasteiger partial charge is 0.243 e. The van der Waals surface area contributed by atoms with Crippen molar-refractivity contribution in [3.8, 4) is 0 Å². The van der Waals surface area contributed by atoms with Crippen LogP contribution in [0.1, 0.15) is 16.9 Å². The summed E-state index contributed by atoms with van der Waals surface area (Å²) in [6.45, 7) is 1.74. The van der Waals surface area contributed by atoms with E-state index in [4.69, 9.17) is 16.0 Å². The maximum Gasteiger partial charge on any atom is 0.243 e. The van der Waals surface area contributed by atoms with Crippen LogP contribution in [0.4, 0.5) is 0 Å². The number of nitrogens with zero attached hydrogens (tertiary/aromatic N) is 1. The Labute approximate surface area is 128 Å². The van der Waals surface area contributed by atoms with Gasteiger partial charge < -0.3 is 14.6 Å². The number of hydrogen-bond donors (Lipinski definition) is 1. The van der Waals surface area contributed by atoms with Crippen molar-refractivity contribution in [2.75, 3.05) is 20.6 Å². The average molecular weight is 305 g/mol. The molecule has 1 aliphatic heterocycles. The first-order chi connectivity index (χ1) is 10.1. The summed E-state index contributed by atoms with van der Waals surface area (Å²) in [6.07, 6.45) is 4.11. The number of hydrogen-bond acceptors (Lipinski definition) is 3. The highest BCUT2D eigenvalue weighted by atomic mass is 35.5. The van der Waals surface area contributed by atoms with E-state index < -0.39 is 0 Å². The first kappa shape index (κ1) is 14.2. The van der Waals surface area contributed by atoms with Gasteiger partial charge in [-0.2, -0.15) is 0 Å². The highest BCUT2D eigenvalue weighted by molar-refractivity contribution is 6.32. The Balaban J connectivity index is 2.18. The molecule has 110 valence electrons. The van der Waals surface area contributed by atoms with Crippen LogP contribution in [0.25, 0.3) is 17.0 Å². The molecule has 0 fully saturated rings. The van der Waals surface area contributed by atoms with Crippen molar-refractivity contribution in [1.82, 2.24) is 10.2 Å². The lowest BCUT2D eigenvalue weighted by molar-refractivity contribution is -0.115. The molecule has 3 rings (SSSR count). The summed E-state index contributed by atoms with van der Waals surface area (Å²) in [7, 11) is 3.68. The monoisotopic (exact) mass is 304 g/mol. The Morgan fingerprint density at radius 2 is 2.24 bits per heavy atom. The van der Waals surface area contributed by atoms with Gasteiger partial charge in [-0.1, -0.05) is 11.6 Å². The summed E-state index contributed by atoms with van der Waals surface area (Å²) in [5.41, 5.74) is 3.07. The number of carbonyl (C=O) groups excluding carboxylic acids is 1. The first-order valence-electron chi connectivity index (χ1n) is 6.91. The number of benzene rings is 1. The van der Waals surface area contributed by atoms with Crippen molar-refractivity contribution in [3.05, 3.63) is 40.1 Å². The fourth-order valence-electron chi connectivity index (χ4n) is 2.74. The molecule has 0 saturated carbocycles. The fourth-order valence-corrected chi connectivity index (χ4v) is 2.99. The topological polar surface area (TPSA) is 45.5 Å². The van der Waals surface area contributed by atoms with Crippen LogP contribution in [0.15, 0.2) is 22.6 Å². The minimum absolute atomic E-state index is 0.150. The molecule has 0 spiro atoms. The third kappa shape index (κ3) is 2.57. The van der Waals surface area contributed by atoms with Gasteiger partial charge in [-0.15, -0.1) is 0 Å². The van der Waals surface area contributed by atoms with E-state index in [0.29, 0.717) is 0 Å². The van der Waals surface area contributed by atoms with Crippen LogP contribution in [0, 0.1) is 0 Å². The molecule has 21 heavy (non-hydrogen) atoms. The van der Waals surface area contributed by atoms with Gasteiger partial charge in [-0.05, 0) is 37.2 Å². The van der Waals surface area contributed by atoms with E-state index in [1.54, 1.807) is 13.1 Å². The lowest BCUT2D eigenvalue weighted by atomic mass is 10.0. The van der Waals surface area contributed by atoms with E-state index in [2.05, 4.69) is 17.3 Å². The van der Waals surface area contributed by atoms with Gasteiger partial charge >= 0.3 is 0 Å². The fraction of sp³-hybridized carbons (Fsp3) is 0.312. The summed E-state index contributed by atoms with van der Waals surface area (Å²) in [5, 5.41) is 4.44. The molecule has 2 heterocycles. The van der Waals surface area contributed by atoms with E-state index in [9.17, 15) is 4.79 Å². The van der Waals surface area contributed by atoms with Gasteiger partial charge in [0.25, 0.3) is 0 Å². The van der Waals surface area contributed by atoms with E-state index in [0.717, 1.165) is 52.4 Å². The van der Waals surface area contributed by atoms with E-state index in [1.165, 1.54) is 6.08 Å². The predicted molar refractivity (Wildman–Crippen MR) is 84.4 cm³/mol. The zero-order chi connectivity index (χ0) is 15.0. The van der Waals surface area contributed by atoms with Gasteiger partial charge in [-0.25, -0.2) is 0 Å². The standard InChI is InChI=1S/C16H17ClN2O2/c1-18-15(20)6-5-13-11-9-19(2)8-7-10-12(17)3-4-14(21-13)16(10)11/h3-6H,7-9H2,1-2H3,(H,18,20)/b6-5+. The van der Waals surface area contributed by atoms with Crippen molar-refractivity contribution < 1.29 is 9.21 Å². The van der Waals surface area contributed by atoms with Crippen molar-refractivity contribution >= 4 is 34.6 Å². The summed E-state index contributed by atoms with van der Waals surface area (Å²) in [6, 6.07) is 3.78. The van der Waals surface area contributed by atoms with E-state index in [-0.39, 0.29) is 5.91 Å². The summed E-state index contributed by atoms with van der Waals surface area (Å²) in [4.78, 5) is 13.6. The number of rotatable bonds is 2. The van der Waals surface area contributed by atoms with Crippen LogP contribution in [0.2, 0.25) is 5.02 Å². The highest BCUT2D eigenvalue weighted by Gasteiger charge is 2.22. The third-order valence-electron chi connectivity index (χ3n) is 3.84. The molecular weight excluding hydrogens is 288 g/mol. The van der Waals surface area contributed by atoms with Crippen molar-refractivity contribution in [3.63, 3.8) is 0 Å². The second-order valence-corrected chi connectivity index (χ2v) is 5.69. The minimum atomic E-state index is -0.150. The normalized spacial score (nSPS) is 15.6. The van der Waals surface area contributed by atoms with Crippen molar-refractivity contribution in [1.29, 1.82) is 0 Å². The predicted octanol–water partition coefficient (Wildman–Crippen LogP) is 2.83. The lowest BCUT2D eigenvalue weighted by Crippen LogP contribution is -2.18. The molecule has 0 radical (unpaired) electrons. The van der Waals surface area contributed by atoms with Crippen LogP contribution >= 0.6 is 11.6 Å².